The van der Waals surface area contributed by atoms with Crippen LogP contribution < -0.4 is 0 Å². The van der Waals surface area contributed by atoms with Crippen LogP contribution >= 0.6 is 11.3 Å². The first-order valence-corrected chi connectivity index (χ1v) is 6.78. The number of hydroxylamine groups is 2. The minimum atomic E-state index is -4.00. The van der Waals surface area contributed by atoms with Crippen molar-refractivity contribution in [2.45, 2.75) is 5.92 Å². The van der Waals surface area contributed by atoms with Gasteiger partial charge in [0.2, 0.25) is 0 Å². The fourth-order valence-electron chi connectivity index (χ4n) is 1.86. The van der Waals surface area contributed by atoms with Crippen LogP contribution in [0.15, 0.2) is 36.0 Å². The number of nitrogens with zero attached hydrogens (tertiary/aromatic N) is 2. The van der Waals surface area contributed by atoms with Gasteiger partial charge in [0.05, 0.1) is 16.6 Å². The van der Waals surface area contributed by atoms with Crippen LogP contribution in [0, 0.1) is 0 Å². The summed E-state index contributed by atoms with van der Waals surface area (Å²) >= 11 is 0.555. The Labute approximate surface area is 125 Å². The van der Waals surface area contributed by atoms with E-state index >= 15 is 0 Å². The number of amides is 2. The number of benzene rings is 1. The maximum Gasteiger partial charge on any atom is 0.408 e. The minimum Gasteiger partial charge on any atom is -0.323 e. The minimum absolute atomic E-state index is 0.0126. The quantitative estimate of drug-likeness (QED) is 0.807. The fourth-order valence-corrected chi connectivity index (χ4v) is 2.45. The molecule has 1 aromatic heterocycles. The van der Waals surface area contributed by atoms with Gasteiger partial charge in [-0.2, -0.15) is 8.78 Å². The van der Waals surface area contributed by atoms with Gasteiger partial charge in [0.15, 0.2) is 0 Å². The first kappa shape index (κ1) is 14.3. The largest absolute Gasteiger partial charge is 0.408 e. The molecule has 22 heavy (non-hydrogen) atoms. The molecule has 0 aliphatic carbocycles. The molecule has 0 saturated carbocycles. The zero-order valence-corrected chi connectivity index (χ0v) is 11.5. The number of imide groups is 1. The Morgan fingerprint density at radius 3 is 2.27 bits per heavy atom. The van der Waals surface area contributed by atoms with Gasteiger partial charge >= 0.3 is 11.9 Å². The molecule has 2 aromatic rings. The van der Waals surface area contributed by atoms with E-state index in [0.717, 1.165) is 11.7 Å². The molecule has 112 valence electrons. The molecule has 0 fully saturated rings. The Kier molecular flexibility index (Phi) is 3.21. The lowest BCUT2D eigenvalue weighted by molar-refractivity contribution is -0.197. The van der Waals surface area contributed by atoms with Crippen molar-refractivity contribution >= 4 is 29.1 Å². The Hall–Kier alpha value is -2.68. The van der Waals surface area contributed by atoms with Gasteiger partial charge in [0.1, 0.15) is 4.88 Å². The van der Waals surface area contributed by atoms with Crippen molar-refractivity contribution in [2.24, 2.45) is 0 Å². The highest BCUT2D eigenvalue weighted by atomic mass is 32.1. The van der Waals surface area contributed by atoms with Gasteiger partial charge < -0.3 is 4.84 Å². The molecule has 1 aliphatic rings. The van der Waals surface area contributed by atoms with Crippen molar-refractivity contribution in [3.05, 3.63) is 52.0 Å². The van der Waals surface area contributed by atoms with Gasteiger partial charge in [-0.15, -0.1) is 11.3 Å². The van der Waals surface area contributed by atoms with Crippen molar-refractivity contribution < 1.29 is 28.0 Å². The van der Waals surface area contributed by atoms with E-state index in [9.17, 15) is 23.2 Å². The molecule has 0 unspecified atom stereocenters. The smallest absolute Gasteiger partial charge is 0.323 e. The van der Waals surface area contributed by atoms with E-state index < -0.39 is 28.6 Å². The van der Waals surface area contributed by atoms with E-state index in [0.29, 0.717) is 11.3 Å². The standard InChI is InChI=1S/C13H6F2N2O4S/c14-13(15,9-5-16-6-22-9)12(20)21-17-10(18)7-3-1-2-4-8(7)11(17)19/h1-6H. The second-order valence-corrected chi connectivity index (χ2v) is 5.16. The summed E-state index contributed by atoms with van der Waals surface area (Å²) in [7, 11) is 0. The highest BCUT2D eigenvalue weighted by Gasteiger charge is 2.48. The van der Waals surface area contributed by atoms with Gasteiger partial charge in [-0.25, -0.2) is 4.79 Å². The van der Waals surface area contributed by atoms with Crippen LogP contribution in [0.2, 0.25) is 0 Å². The molecule has 2 amide bonds. The molecule has 0 radical (unpaired) electrons. The molecule has 0 atom stereocenters. The first-order valence-electron chi connectivity index (χ1n) is 5.90. The normalized spacial score (nSPS) is 14.2. The third kappa shape index (κ3) is 2.06. The number of thiazole rings is 1. The van der Waals surface area contributed by atoms with Crippen molar-refractivity contribution in [1.29, 1.82) is 0 Å². The Morgan fingerprint density at radius 1 is 1.18 bits per heavy atom. The molecular weight excluding hydrogens is 318 g/mol. The number of hydrogen-bond donors (Lipinski definition) is 0. The van der Waals surface area contributed by atoms with E-state index in [1.807, 2.05) is 0 Å². The van der Waals surface area contributed by atoms with Crippen molar-refractivity contribution in [2.75, 3.05) is 0 Å². The maximum absolute atomic E-state index is 13.9. The highest BCUT2D eigenvalue weighted by molar-refractivity contribution is 7.09. The van der Waals surface area contributed by atoms with E-state index in [-0.39, 0.29) is 16.2 Å². The predicted octanol–water partition coefficient (Wildman–Crippen LogP) is 1.99. The number of halogens is 2. The summed E-state index contributed by atoms with van der Waals surface area (Å²) in [6.45, 7) is 0. The van der Waals surface area contributed by atoms with Gasteiger partial charge in [0, 0.05) is 6.20 Å². The summed E-state index contributed by atoms with van der Waals surface area (Å²) in [5.74, 6) is -7.95. The summed E-state index contributed by atoms with van der Waals surface area (Å²) in [4.78, 5) is 42.6. The monoisotopic (exact) mass is 324 g/mol. The second kappa shape index (κ2) is 4.95. The van der Waals surface area contributed by atoms with Crippen LogP contribution in [0.5, 0.6) is 0 Å². The van der Waals surface area contributed by atoms with Crippen molar-refractivity contribution in [1.82, 2.24) is 10.0 Å². The SMILES string of the molecule is O=C1c2ccccc2C(=O)N1OC(=O)C(F)(F)c1cncs1. The summed E-state index contributed by atoms with van der Waals surface area (Å²) < 4.78 is 27.7. The van der Waals surface area contributed by atoms with Gasteiger partial charge in [0.25, 0.3) is 11.8 Å². The Morgan fingerprint density at radius 2 is 1.77 bits per heavy atom. The number of carbonyl (C=O) groups is 3. The van der Waals surface area contributed by atoms with Crippen LogP contribution in [0.25, 0.3) is 0 Å². The molecule has 0 bridgehead atoms. The number of hydrogen-bond acceptors (Lipinski definition) is 6. The number of alkyl halides is 2. The van der Waals surface area contributed by atoms with E-state index in [1.165, 1.54) is 24.3 Å². The second-order valence-electron chi connectivity index (χ2n) is 4.27. The zero-order valence-electron chi connectivity index (χ0n) is 10.7. The molecule has 1 aliphatic heterocycles. The predicted molar refractivity (Wildman–Crippen MR) is 69.0 cm³/mol. The maximum atomic E-state index is 13.9. The summed E-state index contributed by atoms with van der Waals surface area (Å²) in [6, 6.07) is 5.68. The summed E-state index contributed by atoms with van der Waals surface area (Å²) in [6.07, 6.45) is 0.814. The summed E-state index contributed by atoms with van der Waals surface area (Å²) in [5, 5.41) is 0.0436. The average molecular weight is 324 g/mol. The van der Waals surface area contributed by atoms with E-state index in [1.54, 1.807) is 0 Å². The lowest BCUT2D eigenvalue weighted by Gasteiger charge is -2.17. The van der Waals surface area contributed by atoms with Crippen molar-refractivity contribution in [3.63, 3.8) is 0 Å². The molecule has 3 rings (SSSR count). The molecule has 1 aromatic carbocycles. The summed E-state index contributed by atoms with van der Waals surface area (Å²) in [5.41, 5.74) is 1.10. The molecule has 6 nitrogen and oxygen atoms in total. The Bertz CT molecular complexity index is 741. The highest BCUT2D eigenvalue weighted by Crippen LogP contribution is 2.33. The van der Waals surface area contributed by atoms with E-state index in [2.05, 4.69) is 9.82 Å². The van der Waals surface area contributed by atoms with Gasteiger partial charge in [-0.05, 0) is 12.1 Å². The molecule has 2 heterocycles. The molecule has 9 heteroatoms. The number of rotatable bonds is 3. The number of aromatic nitrogens is 1. The molecule has 0 spiro atoms. The topological polar surface area (TPSA) is 76.6 Å². The van der Waals surface area contributed by atoms with Gasteiger partial charge in [-0.1, -0.05) is 17.2 Å². The third-order valence-electron chi connectivity index (χ3n) is 2.93. The fraction of sp³-hybridized carbons (Fsp3) is 0.0769. The van der Waals surface area contributed by atoms with Crippen molar-refractivity contribution in [3.8, 4) is 0 Å². The lowest BCUT2D eigenvalue weighted by Crippen LogP contribution is -2.38. The zero-order chi connectivity index (χ0) is 15.9. The van der Waals surface area contributed by atoms with Crippen LogP contribution in [-0.4, -0.2) is 27.8 Å². The third-order valence-corrected chi connectivity index (χ3v) is 3.77. The molecular formula is C13H6F2N2O4S. The number of carbonyl (C=O) groups excluding carboxylic acids is 3. The average Bonchev–Trinajstić information content (AvgIpc) is 3.12. The molecule has 0 saturated heterocycles. The van der Waals surface area contributed by atoms with Crippen LogP contribution in [-0.2, 0) is 15.6 Å². The lowest BCUT2D eigenvalue weighted by atomic mass is 10.1. The van der Waals surface area contributed by atoms with E-state index in [4.69, 9.17) is 0 Å². The van der Waals surface area contributed by atoms with Gasteiger partial charge in [-0.3, -0.25) is 14.6 Å². The Balaban J connectivity index is 1.85. The first-order chi connectivity index (χ1) is 10.4. The van der Waals surface area contributed by atoms with Crippen LogP contribution in [0.1, 0.15) is 25.6 Å². The van der Waals surface area contributed by atoms with Crippen LogP contribution in [0.4, 0.5) is 8.78 Å². The van der Waals surface area contributed by atoms with Crippen LogP contribution in [0.3, 0.4) is 0 Å². The number of fused-ring (bicyclic) bond motifs is 1. The molecule has 0 N–H and O–H groups in total.